The third-order valence-corrected chi connectivity index (χ3v) is 3.46. The summed E-state index contributed by atoms with van der Waals surface area (Å²) in [6.45, 7) is 0.678. The number of halogens is 1. The number of ether oxygens (including phenoxy) is 1. The maximum absolute atomic E-state index is 12.0. The van der Waals surface area contributed by atoms with Crippen molar-refractivity contribution in [1.82, 2.24) is 10.6 Å². The Morgan fingerprint density at radius 3 is 3.00 bits per heavy atom. The van der Waals surface area contributed by atoms with Gasteiger partial charge in [-0.15, -0.1) is 0 Å². The van der Waals surface area contributed by atoms with E-state index in [1.165, 1.54) is 0 Å². The summed E-state index contributed by atoms with van der Waals surface area (Å²) in [5, 5.41) is 5.89. The summed E-state index contributed by atoms with van der Waals surface area (Å²) in [6.07, 6.45) is 0.875. The highest BCUT2D eigenvalue weighted by atomic mass is 35.5. The van der Waals surface area contributed by atoms with E-state index in [9.17, 15) is 9.59 Å². The zero-order chi connectivity index (χ0) is 14.5. The van der Waals surface area contributed by atoms with Gasteiger partial charge in [0.2, 0.25) is 11.8 Å². The lowest BCUT2D eigenvalue weighted by Crippen LogP contribution is -2.38. The number of carbonyl (C=O) groups excluding carboxylic acids is 2. The number of nitrogens with one attached hydrogen (secondary N) is 2. The fourth-order valence-electron chi connectivity index (χ4n) is 2.10. The maximum atomic E-state index is 12.0. The van der Waals surface area contributed by atoms with Crippen LogP contribution in [-0.2, 0) is 16.0 Å². The van der Waals surface area contributed by atoms with E-state index in [0.717, 1.165) is 11.3 Å². The van der Waals surface area contributed by atoms with Crippen molar-refractivity contribution in [3.63, 3.8) is 0 Å². The molecule has 0 saturated heterocycles. The van der Waals surface area contributed by atoms with E-state index in [0.29, 0.717) is 24.6 Å². The van der Waals surface area contributed by atoms with Gasteiger partial charge < -0.3 is 15.4 Å². The zero-order valence-corrected chi connectivity index (χ0v) is 12.0. The van der Waals surface area contributed by atoms with Crippen molar-refractivity contribution >= 4 is 23.4 Å². The lowest BCUT2D eigenvalue weighted by atomic mass is 9.96. The Morgan fingerprint density at radius 1 is 1.45 bits per heavy atom. The third-order valence-electron chi connectivity index (χ3n) is 3.23. The first-order chi connectivity index (χ1) is 9.60. The van der Waals surface area contributed by atoms with Gasteiger partial charge in [0.25, 0.3) is 0 Å². The number of hydrogen-bond donors (Lipinski definition) is 2. The Labute approximate surface area is 122 Å². The minimum atomic E-state index is -0.245. The van der Waals surface area contributed by atoms with Gasteiger partial charge >= 0.3 is 0 Å². The number of carbonyl (C=O) groups is 2. The van der Waals surface area contributed by atoms with Crippen LogP contribution in [0, 0.1) is 5.92 Å². The van der Waals surface area contributed by atoms with Gasteiger partial charge in [0.05, 0.1) is 5.92 Å². The fourth-order valence-corrected chi connectivity index (χ4v) is 2.29. The second-order valence-corrected chi connectivity index (χ2v) is 5.11. The summed E-state index contributed by atoms with van der Waals surface area (Å²) in [4.78, 5) is 23.1. The molecule has 20 heavy (non-hydrogen) atoms. The number of amides is 2. The SMILES string of the molecule is CNC(=O)CCNC(=O)[C@@H]1COc2ccc(Cl)cc2C1. The Hall–Kier alpha value is -1.75. The molecule has 1 aromatic carbocycles. The molecule has 1 atom stereocenters. The van der Waals surface area contributed by atoms with E-state index in [4.69, 9.17) is 16.3 Å². The minimum Gasteiger partial charge on any atom is -0.492 e. The lowest BCUT2D eigenvalue weighted by Gasteiger charge is -2.24. The van der Waals surface area contributed by atoms with Gasteiger partial charge in [-0.1, -0.05) is 11.6 Å². The molecular formula is C14H17ClN2O3. The molecule has 1 aromatic rings. The van der Waals surface area contributed by atoms with Crippen LogP contribution in [-0.4, -0.2) is 32.0 Å². The van der Waals surface area contributed by atoms with Crippen molar-refractivity contribution in [3.05, 3.63) is 28.8 Å². The van der Waals surface area contributed by atoms with Crippen molar-refractivity contribution in [2.45, 2.75) is 12.8 Å². The molecule has 108 valence electrons. The second kappa shape index (κ2) is 6.61. The number of benzene rings is 1. The second-order valence-electron chi connectivity index (χ2n) is 4.68. The molecule has 0 spiro atoms. The first kappa shape index (κ1) is 14.7. The Balaban J connectivity index is 1.88. The van der Waals surface area contributed by atoms with Crippen LogP contribution < -0.4 is 15.4 Å². The largest absolute Gasteiger partial charge is 0.492 e. The van der Waals surface area contributed by atoms with Crippen LogP contribution in [0.15, 0.2) is 18.2 Å². The molecule has 0 fully saturated rings. The van der Waals surface area contributed by atoms with Crippen molar-refractivity contribution in [1.29, 1.82) is 0 Å². The van der Waals surface area contributed by atoms with Crippen LogP contribution in [0.25, 0.3) is 0 Å². The van der Waals surface area contributed by atoms with Gasteiger partial charge in [-0.05, 0) is 30.2 Å². The van der Waals surface area contributed by atoms with E-state index >= 15 is 0 Å². The molecule has 1 aliphatic rings. The number of hydrogen-bond acceptors (Lipinski definition) is 3. The highest BCUT2D eigenvalue weighted by Gasteiger charge is 2.25. The molecular weight excluding hydrogens is 280 g/mol. The van der Waals surface area contributed by atoms with Crippen molar-refractivity contribution in [2.24, 2.45) is 5.92 Å². The first-order valence-corrected chi connectivity index (χ1v) is 6.87. The molecule has 2 rings (SSSR count). The predicted molar refractivity (Wildman–Crippen MR) is 75.8 cm³/mol. The Bertz CT molecular complexity index is 519. The van der Waals surface area contributed by atoms with Crippen molar-refractivity contribution in [3.8, 4) is 5.75 Å². The molecule has 0 unspecified atom stereocenters. The summed E-state index contributed by atoms with van der Waals surface area (Å²) in [7, 11) is 1.57. The molecule has 0 saturated carbocycles. The fraction of sp³-hybridized carbons (Fsp3) is 0.429. The quantitative estimate of drug-likeness (QED) is 0.876. The number of rotatable bonds is 4. The molecule has 0 aliphatic carbocycles. The topological polar surface area (TPSA) is 67.4 Å². The number of fused-ring (bicyclic) bond motifs is 1. The maximum Gasteiger partial charge on any atom is 0.226 e. The zero-order valence-electron chi connectivity index (χ0n) is 11.2. The predicted octanol–water partition coefficient (Wildman–Crippen LogP) is 1.14. The average Bonchev–Trinajstić information content (AvgIpc) is 2.46. The van der Waals surface area contributed by atoms with Crippen LogP contribution in [0.1, 0.15) is 12.0 Å². The van der Waals surface area contributed by atoms with E-state index in [-0.39, 0.29) is 24.2 Å². The molecule has 2 amide bonds. The lowest BCUT2D eigenvalue weighted by molar-refractivity contribution is -0.126. The van der Waals surface area contributed by atoms with E-state index in [1.807, 2.05) is 12.1 Å². The Kier molecular flexibility index (Phi) is 4.84. The van der Waals surface area contributed by atoms with Crippen LogP contribution >= 0.6 is 11.6 Å². The summed E-state index contributed by atoms with van der Waals surface area (Å²) < 4.78 is 5.56. The molecule has 5 nitrogen and oxygen atoms in total. The van der Waals surface area contributed by atoms with Crippen molar-refractivity contribution < 1.29 is 14.3 Å². The van der Waals surface area contributed by atoms with Crippen LogP contribution in [0.4, 0.5) is 0 Å². The minimum absolute atomic E-state index is 0.0951. The molecule has 2 N–H and O–H groups in total. The molecule has 0 radical (unpaired) electrons. The summed E-state index contributed by atoms with van der Waals surface area (Å²) in [5.74, 6) is 0.344. The molecule has 1 aliphatic heterocycles. The monoisotopic (exact) mass is 296 g/mol. The van der Waals surface area contributed by atoms with Gasteiger partial charge in [0, 0.05) is 25.0 Å². The summed E-state index contributed by atoms with van der Waals surface area (Å²) in [5.41, 5.74) is 0.940. The summed E-state index contributed by atoms with van der Waals surface area (Å²) in [6, 6.07) is 5.41. The normalized spacial score (nSPS) is 16.8. The van der Waals surface area contributed by atoms with E-state index in [1.54, 1.807) is 13.1 Å². The molecule has 6 heteroatoms. The summed E-state index contributed by atoms with van der Waals surface area (Å²) >= 11 is 5.94. The van der Waals surface area contributed by atoms with Gasteiger partial charge in [-0.2, -0.15) is 0 Å². The molecule has 1 heterocycles. The van der Waals surface area contributed by atoms with Crippen molar-refractivity contribution in [2.75, 3.05) is 20.2 Å². The molecule has 0 bridgehead atoms. The van der Waals surface area contributed by atoms with E-state index < -0.39 is 0 Å². The van der Waals surface area contributed by atoms with Crippen LogP contribution in [0.5, 0.6) is 5.75 Å². The van der Waals surface area contributed by atoms with Crippen LogP contribution in [0.2, 0.25) is 5.02 Å². The first-order valence-electron chi connectivity index (χ1n) is 6.49. The highest BCUT2D eigenvalue weighted by molar-refractivity contribution is 6.30. The average molecular weight is 297 g/mol. The van der Waals surface area contributed by atoms with Gasteiger partial charge in [-0.3, -0.25) is 9.59 Å². The third kappa shape index (κ3) is 3.63. The van der Waals surface area contributed by atoms with E-state index in [2.05, 4.69) is 10.6 Å². The highest BCUT2D eigenvalue weighted by Crippen LogP contribution is 2.29. The smallest absolute Gasteiger partial charge is 0.226 e. The molecule has 0 aromatic heterocycles. The Morgan fingerprint density at radius 2 is 2.25 bits per heavy atom. The van der Waals surface area contributed by atoms with Crippen LogP contribution in [0.3, 0.4) is 0 Å². The van der Waals surface area contributed by atoms with Gasteiger partial charge in [-0.25, -0.2) is 0 Å². The standard InChI is InChI=1S/C14H17ClN2O3/c1-16-13(18)4-5-17-14(19)10-6-9-7-11(15)2-3-12(9)20-8-10/h2-3,7,10H,4-6,8H2,1H3,(H,16,18)(H,17,19)/t10-/m0/s1. The van der Waals surface area contributed by atoms with Gasteiger partial charge in [0.15, 0.2) is 0 Å². The van der Waals surface area contributed by atoms with Gasteiger partial charge in [0.1, 0.15) is 12.4 Å².